The van der Waals surface area contributed by atoms with Crippen molar-refractivity contribution in [1.82, 2.24) is 4.90 Å². The second-order valence-corrected chi connectivity index (χ2v) is 3.70. The lowest BCUT2D eigenvalue weighted by Crippen LogP contribution is -2.40. The van der Waals surface area contributed by atoms with Gasteiger partial charge in [-0.15, -0.1) is 12.3 Å². The van der Waals surface area contributed by atoms with Crippen LogP contribution in [0, 0.1) is 12.3 Å². The number of carboxylic acid groups (broad SMARTS) is 1. The summed E-state index contributed by atoms with van der Waals surface area (Å²) in [6, 6.07) is -0.782. The van der Waals surface area contributed by atoms with E-state index in [0.717, 1.165) is 0 Å². The lowest BCUT2D eigenvalue weighted by Gasteiger charge is -2.20. The van der Waals surface area contributed by atoms with Crippen molar-refractivity contribution < 1.29 is 19.4 Å². The van der Waals surface area contributed by atoms with Gasteiger partial charge in [-0.2, -0.15) is 0 Å². The number of nitrogens with zero attached hydrogens (tertiary/aromatic N) is 1. The largest absolute Gasteiger partial charge is 0.480 e. The Morgan fingerprint density at radius 3 is 2.81 bits per heavy atom. The van der Waals surface area contributed by atoms with Crippen molar-refractivity contribution in [3.8, 4) is 12.3 Å². The van der Waals surface area contributed by atoms with E-state index in [0.29, 0.717) is 19.4 Å². The van der Waals surface area contributed by atoms with Crippen LogP contribution in [0.4, 0.5) is 0 Å². The van der Waals surface area contributed by atoms with E-state index in [2.05, 4.69) is 5.92 Å². The molecule has 5 nitrogen and oxygen atoms in total. The molecular formula is C11H15NO4. The normalized spacial score (nSPS) is 24.1. The third kappa shape index (κ3) is 2.74. The molecular weight excluding hydrogens is 210 g/mol. The molecule has 0 aromatic heterocycles. The van der Waals surface area contributed by atoms with Crippen molar-refractivity contribution in [2.45, 2.75) is 31.4 Å². The minimum Gasteiger partial charge on any atom is -0.480 e. The first kappa shape index (κ1) is 12.5. The van der Waals surface area contributed by atoms with E-state index in [9.17, 15) is 9.59 Å². The number of ether oxygens (including phenoxy) is 1. The zero-order chi connectivity index (χ0) is 12.1. The Morgan fingerprint density at radius 2 is 2.31 bits per heavy atom. The zero-order valence-corrected chi connectivity index (χ0v) is 9.18. The average molecular weight is 225 g/mol. The molecule has 2 atom stereocenters. The molecule has 1 fully saturated rings. The van der Waals surface area contributed by atoms with Gasteiger partial charge in [-0.1, -0.05) is 0 Å². The fourth-order valence-corrected chi connectivity index (χ4v) is 1.80. The number of carbonyl (C=O) groups is 2. The second-order valence-electron chi connectivity index (χ2n) is 3.70. The summed E-state index contributed by atoms with van der Waals surface area (Å²) in [6.07, 6.45) is 5.73. The minimum absolute atomic E-state index is 0.191. The molecule has 0 aliphatic carbocycles. The molecule has 5 heteroatoms. The number of aliphatic carboxylic acids is 1. The third-order valence-corrected chi connectivity index (χ3v) is 2.68. The lowest BCUT2D eigenvalue weighted by molar-refractivity contribution is -0.148. The summed E-state index contributed by atoms with van der Waals surface area (Å²) in [7, 11) is 1.51. The van der Waals surface area contributed by atoms with Crippen LogP contribution in [0.3, 0.4) is 0 Å². The highest BCUT2D eigenvalue weighted by Gasteiger charge is 2.39. The van der Waals surface area contributed by atoms with Crippen LogP contribution in [0.15, 0.2) is 0 Å². The van der Waals surface area contributed by atoms with Crippen molar-refractivity contribution in [2.24, 2.45) is 0 Å². The van der Waals surface area contributed by atoms with Crippen molar-refractivity contribution in [2.75, 3.05) is 13.7 Å². The fourth-order valence-electron chi connectivity index (χ4n) is 1.80. The number of terminal acetylenes is 1. The van der Waals surface area contributed by atoms with E-state index < -0.39 is 12.0 Å². The predicted molar refractivity (Wildman–Crippen MR) is 56.6 cm³/mol. The summed E-state index contributed by atoms with van der Waals surface area (Å²) < 4.78 is 5.08. The smallest absolute Gasteiger partial charge is 0.326 e. The Morgan fingerprint density at radius 1 is 1.62 bits per heavy atom. The molecule has 88 valence electrons. The number of rotatable bonds is 4. The van der Waals surface area contributed by atoms with Gasteiger partial charge in [-0.3, -0.25) is 4.79 Å². The quantitative estimate of drug-likeness (QED) is 0.689. The molecule has 0 spiro atoms. The third-order valence-electron chi connectivity index (χ3n) is 2.68. The monoisotopic (exact) mass is 225 g/mol. The molecule has 1 rings (SSSR count). The number of carboxylic acids is 1. The second kappa shape index (κ2) is 5.52. The minimum atomic E-state index is -0.992. The Hall–Kier alpha value is -1.54. The average Bonchev–Trinajstić information content (AvgIpc) is 2.70. The van der Waals surface area contributed by atoms with Gasteiger partial charge < -0.3 is 14.7 Å². The van der Waals surface area contributed by atoms with Gasteiger partial charge in [-0.05, 0) is 0 Å². The van der Waals surface area contributed by atoms with E-state index in [1.165, 1.54) is 12.0 Å². The highest BCUT2D eigenvalue weighted by molar-refractivity contribution is 5.84. The van der Waals surface area contributed by atoms with Crippen LogP contribution >= 0.6 is 0 Å². The van der Waals surface area contributed by atoms with Crippen LogP contribution < -0.4 is 0 Å². The van der Waals surface area contributed by atoms with Gasteiger partial charge in [0.25, 0.3) is 0 Å². The van der Waals surface area contributed by atoms with Crippen molar-refractivity contribution in [1.29, 1.82) is 0 Å². The van der Waals surface area contributed by atoms with Gasteiger partial charge in [0.15, 0.2) is 0 Å². The van der Waals surface area contributed by atoms with Gasteiger partial charge >= 0.3 is 5.97 Å². The summed E-state index contributed by atoms with van der Waals surface area (Å²) >= 11 is 0. The van der Waals surface area contributed by atoms with Crippen molar-refractivity contribution in [3.63, 3.8) is 0 Å². The van der Waals surface area contributed by atoms with Crippen LogP contribution in [0.1, 0.15) is 19.3 Å². The molecule has 1 saturated heterocycles. The number of amides is 1. The van der Waals surface area contributed by atoms with Crippen LogP contribution in [-0.4, -0.2) is 47.7 Å². The first-order valence-corrected chi connectivity index (χ1v) is 5.08. The summed E-state index contributed by atoms with van der Waals surface area (Å²) in [5.74, 6) is 1.16. The van der Waals surface area contributed by atoms with E-state index in [1.807, 2.05) is 0 Å². The summed E-state index contributed by atoms with van der Waals surface area (Å²) in [4.78, 5) is 24.0. The molecule has 0 aromatic carbocycles. The van der Waals surface area contributed by atoms with E-state index in [4.69, 9.17) is 16.3 Å². The summed E-state index contributed by atoms with van der Waals surface area (Å²) in [5.41, 5.74) is 0. The molecule has 1 heterocycles. The van der Waals surface area contributed by atoms with Gasteiger partial charge in [0.05, 0.1) is 6.10 Å². The van der Waals surface area contributed by atoms with Crippen LogP contribution in [-0.2, 0) is 14.3 Å². The fraction of sp³-hybridized carbons (Fsp3) is 0.636. The molecule has 1 N–H and O–H groups in total. The number of carbonyl (C=O) groups excluding carboxylic acids is 1. The molecule has 2 unspecified atom stereocenters. The molecule has 1 amide bonds. The molecule has 0 saturated carbocycles. The van der Waals surface area contributed by atoms with Gasteiger partial charge in [0.1, 0.15) is 6.04 Å². The van der Waals surface area contributed by atoms with E-state index >= 15 is 0 Å². The number of hydrogen-bond acceptors (Lipinski definition) is 3. The zero-order valence-electron chi connectivity index (χ0n) is 9.18. The summed E-state index contributed by atoms with van der Waals surface area (Å²) in [5, 5.41) is 8.98. The molecule has 1 aliphatic heterocycles. The first-order valence-electron chi connectivity index (χ1n) is 5.08. The SMILES string of the molecule is C#CCCC(=O)N1CC(OC)CC1C(=O)O. The van der Waals surface area contributed by atoms with Crippen LogP contribution in [0.2, 0.25) is 0 Å². The number of likely N-dealkylation sites (tertiary alicyclic amines) is 1. The maximum absolute atomic E-state index is 11.7. The molecule has 16 heavy (non-hydrogen) atoms. The maximum atomic E-state index is 11.7. The van der Waals surface area contributed by atoms with Crippen LogP contribution in [0.25, 0.3) is 0 Å². The highest BCUT2D eigenvalue weighted by Crippen LogP contribution is 2.21. The molecule has 0 aromatic rings. The van der Waals surface area contributed by atoms with Crippen molar-refractivity contribution >= 4 is 11.9 Å². The van der Waals surface area contributed by atoms with E-state index in [-0.39, 0.29) is 18.4 Å². The highest BCUT2D eigenvalue weighted by atomic mass is 16.5. The van der Waals surface area contributed by atoms with E-state index in [1.54, 1.807) is 0 Å². The number of hydrogen-bond donors (Lipinski definition) is 1. The van der Waals surface area contributed by atoms with Gasteiger partial charge in [-0.25, -0.2) is 4.79 Å². The predicted octanol–water partition coefficient (Wildman–Crippen LogP) is 0.100. The standard InChI is InChI=1S/C11H15NO4/c1-3-4-5-10(13)12-7-8(16-2)6-9(12)11(14)15/h1,8-9H,4-7H2,2H3,(H,14,15). The van der Waals surface area contributed by atoms with Gasteiger partial charge in [0.2, 0.25) is 5.91 Å². The molecule has 1 aliphatic rings. The topological polar surface area (TPSA) is 66.8 Å². The molecule has 0 radical (unpaired) electrons. The van der Waals surface area contributed by atoms with Gasteiger partial charge in [0, 0.05) is 32.9 Å². The Labute approximate surface area is 94.4 Å². The Balaban J connectivity index is 2.66. The molecule has 0 bridgehead atoms. The van der Waals surface area contributed by atoms with Crippen molar-refractivity contribution in [3.05, 3.63) is 0 Å². The maximum Gasteiger partial charge on any atom is 0.326 e. The Bertz CT molecular complexity index is 320. The number of methoxy groups -OCH3 is 1. The lowest BCUT2D eigenvalue weighted by atomic mass is 10.2. The first-order chi connectivity index (χ1) is 7.60. The summed E-state index contributed by atoms with van der Waals surface area (Å²) in [6.45, 7) is 0.330. The van der Waals surface area contributed by atoms with Crippen LogP contribution in [0.5, 0.6) is 0 Å². The Kier molecular flexibility index (Phi) is 4.32.